The van der Waals surface area contributed by atoms with Gasteiger partial charge in [-0.25, -0.2) is 18.7 Å². The zero-order chi connectivity index (χ0) is 18.1. The number of benzene rings is 1. The highest BCUT2D eigenvalue weighted by molar-refractivity contribution is 5.92. The summed E-state index contributed by atoms with van der Waals surface area (Å²) in [6, 6.07) is 2.44. The third-order valence-corrected chi connectivity index (χ3v) is 4.58. The van der Waals surface area contributed by atoms with Gasteiger partial charge in [-0.3, -0.25) is 4.79 Å². The smallest absolute Gasteiger partial charge is 0.269 e. The molecule has 1 aliphatic rings. The Kier molecular flexibility index (Phi) is 4.37. The number of carbonyl (C=O) groups excluding carboxylic acids is 1. The number of aromatic amines is 2. The van der Waals surface area contributed by atoms with Crippen LogP contribution in [0.3, 0.4) is 0 Å². The van der Waals surface area contributed by atoms with E-state index < -0.39 is 11.6 Å². The molecule has 1 amide bonds. The van der Waals surface area contributed by atoms with Gasteiger partial charge in [-0.2, -0.15) is 0 Å². The normalized spacial score (nSPS) is 15.5. The lowest BCUT2D eigenvalue weighted by atomic mass is 9.98. The first-order chi connectivity index (χ1) is 12.6. The summed E-state index contributed by atoms with van der Waals surface area (Å²) in [6.07, 6.45) is 3.48. The van der Waals surface area contributed by atoms with E-state index in [1.54, 1.807) is 0 Å². The van der Waals surface area contributed by atoms with E-state index in [0.717, 1.165) is 37.8 Å². The fourth-order valence-electron chi connectivity index (χ4n) is 3.17. The molecular weight excluding hydrogens is 342 g/mol. The summed E-state index contributed by atoms with van der Waals surface area (Å²) in [4.78, 5) is 26.5. The standard InChI is InChI=1S/C17H18F2N6O/c18-10-1-2-11-15(14(10)19)25-13(23-11)8-22-17(26)12-7-21-16(24-12)9-3-5-20-6-4-9/h1-2,7,9,20H,3-6,8H2,(H,21,24)(H,22,26)(H,23,25). The van der Waals surface area contributed by atoms with E-state index in [1.165, 1.54) is 12.3 Å². The van der Waals surface area contributed by atoms with Gasteiger partial charge in [0.15, 0.2) is 11.6 Å². The molecule has 1 fully saturated rings. The molecular formula is C17H18F2N6O. The lowest BCUT2D eigenvalue weighted by Gasteiger charge is -2.20. The van der Waals surface area contributed by atoms with Crippen LogP contribution in [0.15, 0.2) is 18.3 Å². The maximum absolute atomic E-state index is 13.7. The fourth-order valence-corrected chi connectivity index (χ4v) is 3.17. The van der Waals surface area contributed by atoms with Crippen molar-refractivity contribution in [3.63, 3.8) is 0 Å². The van der Waals surface area contributed by atoms with Crippen LogP contribution in [-0.2, 0) is 6.54 Å². The number of hydrogen-bond donors (Lipinski definition) is 4. The molecule has 4 rings (SSSR count). The van der Waals surface area contributed by atoms with E-state index in [0.29, 0.717) is 23.0 Å². The first-order valence-corrected chi connectivity index (χ1v) is 8.48. The lowest BCUT2D eigenvalue weighted by Crippen LogP contribution is -2.27. The SMILES string of the molecule is O=C(NCc1nc2c(F)c(F)ccc2[nH]1)c1cnc(C2CCNCC2)[nH]1. The van der Waals surface area contributed by atoms with Crippen LogP contribution in [0.4, 0.5) is 8.78 Å². The van der Waals surface area contributed by atoms with Crippen LogP contribution >= 0.6 is 0 Å². The van der Waals surface area contributed by atoms with Gasteiger partial charge in [0.2, 0.25) is 0 Å². The molecule has 0 radical (unpaired) electrons. The first-order valence-electron chi connectivity index (χ1n) is 8.48. The highest BCUT2D eigenvalue weighted by Crippen LogP contribution is 2.22. The van der Waals surface area contributed by atoms with Gasteiger partial charge >= 0.3 is 0 Å². The zero-order valence-electron chi connectivity index (χ0n) is 13.9. The van der Waals surface area contributed by atoms with Crippen LogP contribution < -0.4 is 10.6 Å². The topological polar surface area (TPSA) is 98.5 Å². The van der Waals surface area contributed by atoms with Crippen LogP contribution in [-0.4, -0.2) is 38.9 Å². The van der Waals surface area contributed by atoms with Crippen molar-refractivity contribution in [1.29, 1.82) is 0 Å². The number of aromatic nitrogens is 4. The van der Waals surface area contributed by atoms with Gasteiger partial charge in [-0.05, 0) is 38.1 Å². The van der Waals surface area contributed by atoms with E-state index in [-0.39, 0.29) is 18.0 Å². The van der Waals surface area contributed by atoms with Crippen LogP contribution in [0, 0.1) is 11.6 Å². The Hall–Kier alpha value is -2.81. The predicted molar refractivity (Wildman–Crippen MR) is 90.6 cm³/mol. The second-order valence-corrected chi connectivity index (χ2v) is 6.33. The van der Waals surface area contributed by atoms with Crippen LogP contribution in [0.2, 0.25) is 0 Å². The number of rotatable bonds is 4. The quantitative estimate of drug-likeness (QED) is 0.572. The molecule has 0 spiro atoms. The zero-order valence-corrected chi connectivity index (χ0v) is 13.9. The number of hydrogen-bond acceptors (Lipinski definition) is 4. The molecule has 0 atom stereocenters. The molecule has 0 unspecified atom stereocenters. The number of nitrogens with one attached hydrogen (secondary N) is 4. The first kappa shape index (κ1) is 16.6. The maximum Gasteiger partial charge on any atom is 0.269 e. The molecule has 3 aromatic rings. The van der Waals surface area contributed by atoms with Gasteiger partial charge in [-0.15, -0.1) is 0 Å². The second kappa shape index (κ2) is 6.83. The Morgan fingerprint density at radius 2 is 2.04 bits per heavy atom. The van der Waals surface area contributed by atoms with Crippen molar-refractivity contribution < 1.29 is 13.6 Å². The molecule has 0 bridgehead atoms. The molecule has 1 saturated heterocycles. The number of imidazole rings is 2. The molecule has 4 N–H and O–H groups in total. The summed E-state index contributed by atoms with van der Waals surface area (Å²) in [5.41, 5.74) is 0.665. The highest BCUT2D eigenvalue weighted by atomic mass is 19.2. The van der Waals surface area contributed by atoms with Crippen molar-refractivity contribution in [3.8, 4) is 0 Å². The van der Waals surface area contributed by atoms with Crippen LogP contribution in [0.1, 0.15) is 40.9 Å². The Morgan fingerprint density at radius 3 is 2.85 bits per heavy atom. The van der Waals surface area contributed by atoms with E-state index in [4.69, 9.17) is 0 Å². The predicted octanol–water partition coefficient (Wildman–Crippen LogP) is 1.96. The van der Waals surface area contributed by atoms with Crippen LogP contribution in [0.5, 0.6) is 0 Å². The van der Waals surface area contributed by atoms with E-state index in [1.807, 2.05) is 0 Å². The minimum absolute atomic E-state index is 0.0657. The number of piperidine rings is 1. The Bertz CT molecular complexity index is 944. The summed E-state index contributed by atoms with van der Waals surface area (Å²) >= 11 is 0. The molecule has 0 saturated carbocycles. The summed E-state index contributed by atoms with van der Waals surface area (Å²) < 4.78 is 26.9. The summed E-state index contributed by atoms with van der Waals surface area (Å²) in [7, 11) is 0. The Balaban J connectivity index is 1.42. The van der Waals surface area contributed by atoms with Gasteiger partial charge in [-0.1, -0.05) is 0 Å². The summed E-state index contributed by atoms with van der Waals surface area (Å²) in [5, 5.41) is 5.98. The average Bonchev–Trinajstić information content (AvgIpc) is 3.31. The number of halogens is 2. The Morgan fingerprint density at radius 1 is 1.23 bits per heavy atom. The van der Waals surface area contributed by atoms with E-state index >= 15 is 0 Å². The van der Waals surface area contributed by atoms with Gasteiger partial charge in [0, 0.05) is 5.92 Å². The summed E-state index contributed by atoms with van der Waals surface area (Å²) in [5.74, 6) is -0.802. The maximum atomic E-state index is 13.7. The third kappa shape index (κ3) is 3.17. The van der Waals surface area contributed by atoms with Crippen LogP contribution in [0.25, 0.3) is 11.0 Å². The van der Waals surface area contributed by atoms with Crippen molar-refractivity contribution in [2.75, 3.05) is 13.1 Å². The van der Waals surface area contributed by atoms with Crippen molar-refractivity contribution in [2.24, 2.45) is 0 Å². The molecule has 26 heavy (non-hydrogen) atoms. The lowest BCUT2D eigenvalue weighted by molar-refractivity contribution is 0.0945. The van der Waals surface area contributed by atoms with E-state index in [2.05, 4.69) is 30.6 Å². The number of carbonyl (C=O) groups is 1. The van der Waals surface area contributed by atoms with Gasteiger partial charge in [0.25, 0.3) is 5.91 Å². The summed E-state index contributed by atoms with van der Waals surface area (Å²) in [6.45, 7) is 1.95. The Labute approximate surface area is 147 Å². The minimum atomic E-state index is -1.00. The molecule has 0 aliphatic carbocycles. The molecule has 7 nitrogen and oxygen atoms in total. The van der Waals surface area contributed by atoms with Gasteiger partial charge in [0.05, 0.1) is 18.3 Å². The van der Waals surface area contributed by atoms with Gasteiger partial charge < -0.3 is 20.6 Å². The second-order valence-electron chi connectivity index (χ2n) is 6.33. The van der Waals surface area contributed by atoms with Crippen molar-refractivity contribution >= 4 is 16.9 Å². The third-order valence-electron chi connectivity index (χ3n) is 4.58. The van der Waals surface area contributed by atoms with Crippen molar-refractivity contribution in [2.45, 2.75) is 25.3 Å². The molecule has 136 valence electrons. The minimum Gasteiger partial charge on any atom is -0.343 e. The average molecular weight is 360 g/mol. The fraction of sp³-hybridized carbons (Fsp3) is 0.353. The monoisotopic (exact) mass is 360 g/mol. The number of fused-ring (bicyclic) bond motifs is 1. The molecule has 2 aromatic heterocycles. The molecule has 9 heteroatoms. The van der Waals surface area contributed by atoms with E-state index in [9.17, 15) is 13.6 Å². The highest BCUT2D eigenvalue weighted by Gasteiger charge is 2.20. The van der Waals surface area contributed by atoms with Crippen molar-refractivity contribution in [3.05, 3.63) is 47.3 Å². The number of nitrogens with zero attached hydrogens (tertiary/aromatic N) is 2. The molecule has 1 aliphatic heterocycles. The van der Waals surface area contributed by atoms with Crippen molar-refractivity contribution in [1.82, 2.24) is 30.6 Å². The molecule has 1 aromatic carbocycles. The number of H-pyrrole nitrogens is 2. The largest absolute Gasteiger partial charge is 0.343 e. The molecule has 3 heterocycles. The van der Waals surface area contributed by atoms with Gasteiger partial charge in [0.1, 0.15) is 22.9 Å². The number of amides is 1.